The molecule has 1 aromatic rings. The Morgan fingerprint density at radius 2 is 2.15 bits per heavy atom. The van der Waals surface area contributed by atoms with Crippen LogP contribution in [0, 0.1) is 5.41 Å². The van der Waals surface area contributed by atoms with Crippen LogP contribution in [0.1, 0.15) is 45.2 Å². The second-order valence-electron chi connectivity index (χ2n) is 6.21. The molecule has 0 aliphatic carbocycles. The van der Waals surface area contributed by atoms with Gasteiger partial charge in [0.05, 0.1) is 17.7 Å². The summed E-state index contributed by atoms with van der Waals surface area (Å²) in [6.45, 7) is 7.85. The fraction of sp³-hybridized carbons (Fsp3) is 0.714. The number of ether oxygens (including phenoxy) is 1. The fourth-order valence-electron chi connectivity index (χ4n) is 2.15. The largest absolute Gasteiger partial charge is 0.460 e. The summed E-state index contributed by atoms with van der Waals surface area (Å²) in [6, 6.07) is 0.415. The highest BCUT2D eigenvalue weighted by Gasteiger charge is 2.24. The minimum absolute atomic E-state index is 0.195. The second-order valence-corrected chi connectivity index (χ2v) is 6.96. The van der Waals surface area contributed by atoms with E-state index in [0.29, 0.717) is 6.04 Å². The Hall–Kier alpha value is -0.880. The van der Waals surface area contributed by atoms with Crippen molar-refractivity contribution >= 4 is 21.9 Å². The van der Waals surface area contributed by atoms with E-state index >= 15 is 0 Å². The quantitative estimate of drug-likeness (QED) is 0.857. The molecular weight excluding hydrogens is 322 g/mol. The Bertz CT molecular complexity index is 473. The maximum Gasteiger partial charge on any atom is 0.311 e. The number of halogens is 1. The number of aromatic nitrogens is 2. The summed E-state index contributed by atoms with van der Waals surface area (Å²) in [6.07, 6.45) is 3.92. The first-order valence-electron chi connectivity index (χ1n) is 6.99. The predicted molar refractivity (Wildman–Crippen MR) is 80.3 cm³/mol. The van der Waals surface area contributed by atoms with Crippen molar-refractivity contribution in [2.24, 2.45) is 5.41 Å². The number of piperidine rings is 1. The highest BCUT2D eigenvalue weighted by Crippen LogP contribution is 2.26. The van der Waals surface area contributed by atoms with Gasteiger partial charge < -0.3 is 10.1 Å². The predicted octanol–water partition coefficient (Wildman–Crippen LogP) is 2.66. The molecule has 0 atom stereocenters. The van der Waals surface area contributed by atoms with Crippen LogP contribution in [0.25, 0.3) is 0 Å². The molecule has 0 aromatic carbocycles. The topological polar surface area (TPSA) is 56.1 Å². The van der Waals surface area contributed by atoms with E-state index < -0.39 is 5.41 Å². The molecule has 0 radical (unpaired) electrons. The molecule has 1 fully saturated rings. The van der Waals surface area contributed by atoms with Crippen molar-refractivity contribution in [3.63, 3.8) is 0 Å². The van der Waals surface area contributed by atoms with Crippen molar-refractivity contribution in [1.82, 2.24) is 15.1 Å². The average molecular weight is 344 g/mol. The van der Waals surface area contributed by atoms with E-state index in [1.165, 1.54) is 0 Å². The summed E-state index contributed by atoms with van der Waals surface area (Å²) in [5, 5.41) is 7.77. The van der Waals surface area contributed by atoms with Gasteiger partial charge in [-0.1, -0.05) is 0 Å². The minimum Gasteiger partial charge on any atom is -0.460 e. The van der Waals surface area contributed by atoms with Crippen molar-refractivity contribution in [3.8, 4) is 0 Å². The molecule has 20 heavy (non-hydrogen) atoms. The molecule has 0 spiro atoms. The van der Waals surface area contributed by atoms with E-state index in [2.05, 4.69) is 26.3 Å². The van der Waals surface area contributed by atoms with E-state index in [4.69, 9.17) is 4.74 Å². The second kappa shape index (κ2) is 6.26. The average Bonchev–Trinajstić information content (AvgIpc) is 2.77. The molecule has 0 bridgehead atoms. The summed E-state index contributed by atoms with van der Waals surface area (Å²) >= 11 is 3.58. The summed E-state index contributed by atoms with van der Waals surface area (Å²) in [7, 11) is 0. The number of nitrogens with zero attached hydrogens (tertiary/aromatic N) is 2. The molecule has 1 saturated heterocycles. The van der Waals surface area contributed by atoms with Crippen molar-refractivity contribution in [2.45, 2.75) is 46.3 Å². The zero-order valence-corrected chi connectivity index (χ0v) is 13.9. The van der Waals surface area contributed by atoms with Gasteiger partial charge in [0.25, 0.3) is 0 Å². The van der Waals surface area contributed by atoms with Crippen LogP contribution < -0.4 is 5.32 Å². The molecular formula is C14H22BrN3O2. The van der Waals surface area contributed by atoms with Crippen LogP contribution in [-0.2, 0) is 16.1 Å². The monoisotopic (exact) mass is 343 g/mol. The van der Waals surface area contributed by atoms with Gasteiger partial charge in [0.1, 0.15) is 11.2 Å². The Kier molecular flexibility index (Phi) is 4.86. The molecule has 6 heteroatoms. The minimum atomic E-state index is -0.475. The highest BCUT2D eigenvalue weighted by molar-refractivity contribution is 9.10. The molecule has 1 aliphatic heterocycles. The van der Waals surface area contributed by atoms with Crippen LogP contribution in [0.4, 0.5) is 0 Å². The first-order valence-corrected chi connectivity index (χ1v) is 7.78. The maximum atomic E-state index is 11.8. The van der Waals surface area contributed by atoms with Crippen LogP contribution >= 0.6 is 15.9 Å². The van der Waals surface area contributed by atoms with Gasteiger partial charge in [0, 0.05) is 5.56 Å². The lowest BCUT2D eigenvalue weighted by Crippen LogP contribution is -2.30. The van der Waals surface area contributed by atoms with Gasteiger partial charge in [-0.05, 0) is 62.6 Å². The Balaban J connectivity index is 2.00. The Labute approximate surface area is 128 Å². The van der Waals surface area contributed by atoms with Crippen LogP contribution in [0.5, 0.6) is 0 Å². The van der Waals surface area contributed by atoms with Crippen molar-refractivity contribution < 1.29 is 9.53 Å². The summed E-state index contributed by atoms with van der Waals surface area (Å²) in [5.41, 5.74) is 0.443. The summed E-state index contributed by atoms with van der Waals surface area (Å²) in [4.78, 5) is 11.8. The van der Waals surface area contributed by atoms with Crippen LogP contribution in [0.3, 0.4) is 0 Å². The third kappa shape index (κ3) is 3.61. The standard InChI is InChI=1S/C14H22BrN3O2/c1-14(2,3)13(19)20-9-10-8-17-18(12(10)15)11-4-6-16-7-5-11/h8,11,16H,4-7,9H2,1-3H3. The lowest BCUT2D eigenvalue weighted by atomic mass is 9.97. The molecule has 112 valence electrons. The van der Waals surface area contributed by atoms with Crippen molar-refractivity contribution in [1.29, 1.82) is 0 Å². The number of nitrogens with one attached hydrogen (secondary N) is 1. The fourth-order valence-corrected chi connectivity index (χ4v) is 2.74. The molecule has 0 unspecified atom stereocenters. The first kappa shape index (κ1) is 15.5. The highest BCUT2D eigenvalue weighted by atomic mass is 79.9. The lowest BCUT2D eigenvalue weighted by molar-refractivity contribution is -0.154. The van der Waals surface area contributed by atoms with Crippen LogP contribution in [0.15, 0.2) is 10.8 Å². The van der Waals surface area contributed by atoms with E-state index in [0.717, 1.165) is 36.1 Å². The first-order chi connectivity index (χ1) is 9.39. The lowest BCUT2D eigenvalue weighted by Gasteiger charge is -2.23. The van der Waals surface area contributed by atoms with E-state index in [-0.39, 0.29) is 12.6 Å². The number of rotatable bonds is 3. The van der Waals surface area contributed by atoms with Crippen molar-refractivity contribution in [3.05, 3.63) is 16.4 Å². The number of hydrogen-bond acceptors (Lipinski definition) is 4. The third-order valence-corrected chi connectivity index (χ3v) is 4.30. The SMILES string of the molecule is CC(C)(C)C(=O)OCc1cnn(C2CCNCC2)c1Br. The van der Waals surface area contributed by atoms with Crippen LogP contribution in [-0.4, -0.2) is 28.8 Å². The van der Waals surface area contributed by atoms with Crippen molar-refractivity contribution in [2.75, 3.05) is 13.1 Å². The zero-order valence-electron chi connectivity index (χ0n) is 12.3. The van der Waals surface area contributed by atoms with Crippen LogP contribution in [0.2, 0.25) is 0 Å². The smallest absolute Gasteiger partial charge is 0.311 e. The molecule has 1 aliphatic rings. The van der Waals surface area contributed by atoms with Gasteiger partial charge in [-0.2, -0.15) is 5.10 Å². The van der Waals surface area contributed by atoms with E-state index in [1.807, 2.05) is 25.5 Å². The van der Waals surface area contributed by atoms with Gasteiger partial charge in [-0.25, -0.2) is 0 Å². The third-order valence-electron chi connectivity index (χ3n) is 3.43. The molecule has 2 rings (SSSR count). The van der Waals surface area contributed by atoms with Gasteiger partial charge >= 0.3 is 5.97 Å². The number of carbonyl (C=O) groups excluding carboxylic acids is 1. The summed E-state index contributed by atoms with van der Waals surface area (Å²) < 4.78 is 8.26. The van der Waals surface area contributed by atoms with E-state index in [9.17, 15) is 4.79 Å². The molecule has 5 nitrogen and oxygen atoms in total. The van der Waals surface area contributed by atoms with Gasteiger partial charge in [-0.15, -0.1) is 0 Å². The van der Waals surface area contributed by atoms with Gasteiger partial charge in [0.15, 0.2) is 0 Å². The molecule has 1 aromatic heterocycles. The number of hydrogen-bond donors (Lipinski definition) is 1. The molecule has 2 heterocycles. The summed E-state index contributed by atoms with van der Waals surface area (Å²) in [5.74, 6) is -0.195. The maximum absolute atomic E-state index is 11.8. The number of esters is 1. The molecule has 1 N–H and O–H groups in total. The normalized spacial score (nSPS) is 17.2. The molecule has 0 saturated carbocycles. The Morgan fingerprint density at radius 1 is 1.50 bits per heavy atom. The molecule has 0 amide bonds. The Morgan fingerprint density at radius 3 is 2.75 bits per heavy atom. The zero-order chi connectivity index (χ0) is 14.8. The van der Waals surface area contributed by atoms with Gasteiger partial charge in [-0.3, -0.25) is 9.48 Å². The van der Waals surface area contributed by atoms with Gasteiger partial charge in [0.2, 0.25) is 0 Å². The van der Waals surface area contributed by atoms with E-state index in [1.54, 1.807) is 6.20 Å². The number of carbonyl (C=O) groups is 1.